The second kappa shape index (κ2) is 5.25. The summed E-state index contributed by atoms with van der Waals surface area (Å²) in [5.74, 6) is 0. The molecule has 0 radical (unpaired) electrons. The minimum atomic E-state index is -4.34. The average Bonchev–Trinajstić information content (AvgIpc) is 2.64. The molecule has 2 atom stereocenters. The number of hydrogen-bond donors (Lipinski definition) is 1. The summed E-state index contributed by atoms with van der Waals surface area (Å²) >= 11 is 0. The van der Waals surface area contributed by atoms with E-state index in [0.717, 1.165) is 6.07 Å². The maximum atomic E-state index is 12.7. The molecule has 2 unspecified atom stereocenters. The Kier molecular flexibility index (Phi) is 4.41. The number of nitrogens with one attached hydrogen (secondary N) is 1. The molecule has 1 aromatic rings. The van der Waals surface area contributed by atoms with Crippen molar-refractivity contribution in [3.63, 3.8) is 0 Å². The minimum Gasteiger partial charge on any atom is -0.357 e. The summed E-state index contributed by atoms with van der Waals surface area (Å²) in [6.45, 7) is 2.30. The maximum absolute atomic E-state index is 12.7. The van der Waals surface area contributed by atoms with Crippen molar-refractivity contribution in [1.29, 1.82) is 0 Å². The molecule has 1 aliphatic heterocycles. The molecule has 6 heteroatoms. The Labute approximate surface area is 104 Å². The lowest BCUT2D eigenvalue weighted by Crippen LogP contribution is -2.24. The second-order valence-electron chi connectivity index (χ2n) is 3.87. The van der Waals surface area contributed by atoms with Crippen LogP contribution in [0.15, 0.2) is 24.3 Å². The van der Waals surface area contributed by atoms with Gasteiger partial charge in [0.1, 0.15) is 6.23 Å². The van der Waals surface area contributed by atoms with Gasteiger partial charge in [-0.15, -0.1) is 12.4 Å². The number of rotatable bonds is 1. The number of ether oxygens (including phenoxy) is 1. The molecule has 96 valence electrons. The molecule has 1 fully saturated rings. The first-order chi connectivity index (χ1) is 7.48. The van der Waals surface area contributed by atoms with Crippen molar-refractivity contribution in [1.82, 2.24) is 5.32 Å². The van der Waals surface area contributed by atoms with Crippen molar-refractivity contribution in [3.05, 3.63) is 35.4 Å². The van der Waals surface area contributed by atoms with E-state index in [2.05, 4.69) is 5.32 Å². The molecule has 1 heterocycles. The first kappa shape index (κ1) is 14.3. The van der Waals surface area contributed by atoms with Crippen LogP contribution in [0.1, 0.15) is 24.3 Å². The molecular formula is C11H13ClF3NO. The summed E-state index contributed by atoms with van der Waals surface area (Å²) < 4.78 is 43.4. The van der Waals surface area contributed by atoms with E-state index in [9.17, 15) is 13.2 Å². The van der Waals surface area contributed by atoms with Gasteiger partial charge in [0.05, 0.1) is 12.2 Å². The Hall–Kier alpha value is -0.780. The van der Waals surface area contributed by atoms with E-state index in [1.165, 1.54) is 12.1 Å². The zero-order valence-corrected chi connectivity index (χ0v) is 9.94. The van der Waals surface area contributed by atoms with Gasteiger partial charge >= 0.3 is 6.18 Å². The van der Waals surface area contributed by atoms with Crippen molar-refractivity contribution >= 4 is 12.4 Å². The Bertz CT molecular complexity index is 383. The Balaban J connectivity index is 0.00000144. The highest BCUT2D eigenvalue weighted by molar-refractivity contribution is 5.85. The SMILES string of the molecule is CC1COC(c2ccccc2C(F)(F)F)N1.Cl. The summed E-state index contributed by atoms with van der Waals surface area (Å²) in [7, 11) is 0. The molecule has 1 aromatic carbocycles. The standard InChI is InChI=1S/C11H12F3NO.ClH/c1-7-6-16-10(15-7)8-4-2-3-5-9(8)11(12,13)14;/h2-5,7,10,15H,6H2,1H3;1H. The summed E-state index contributed by atoms with van der Waals surface area (Å²) in [5, 5.41) is 2.96. The highest BCUT2D eigenvalue weighted by Crippen LogP contribution is 2.35. The van der Waals surface area contributed by atoms with E-state index in [4.69, 9.17) is 4.74 Å². The third kappa shape index (κ3) is 3.12. The summed E-state index contributed by atoms with van der Waals surface area (Å²) in [4.78, 5) is 0. The molecular weight excluding hydrogens is 255 g/mol. The van der Waals surface area contributed by atoms with Gasteiger partial charge in [-0.25, -0.2) is 0 Å². The van der Waals surface area contributed by atoms with Gasteiger partial charge in [-0.05, 0) is 13.0 Å². The first-order valence-corrected chi connectivity index (χ1v) is 5.02. The fourth-order valence-electron chi connectivity index (χ4n) is 1.76. The summed E-state index contributed by atoms with van der Waals surface area (Å²) in [6, 6.07) is 5.55. The lowest BCUT2D eigenvalue weighted by Gasteiger charge is -2.17. The van der Waals surface area contributed by atoms with Crippen LogP contribution in [-0.4, -0.2) is 12.6 Å². The normalized spacial score (nSPS) is 24.5. The molecule has 0 amide bonds. The third-order valence-electron chi connectivity index (χ3n) is 2.50. The second-order valence-corrected chi connectivity index (χ2v) is 3.87. The van der Waals surface area contributed by atoms with Gasteiger partial charge in [0.2, 0.25) is 0 Å². The van der Waals surface area contributed by atoms with E-state index in [1.54, 1.807) is 6.07 Å². The largest absolute Gasteiger partial charge is 0.416 e. The molecule has 1 N–H and O–H groups in total. The Morgan fingerprint density at radius 2 is 1.94 bits per heavy atom. The van der Waals surface area contributed by atoms with E-state index in [0.29, 0.717) is 6.61 Å². The van der Waals surface area contributed by atoms with Gasteiger partial charge in [0.15, 0.2) is 0 Å². The van der Waals surface area contributed by atoms with Crippen LogP contribution in [0.5, 0.6) is 0 Å². The monoisotopic (exact) mass is 267 g/mol. The van der Waals surface area contributed by atoms with Gasteiger partial charge in [-0.2, -0.15) is 13.2 Å². The van der Waals surface area contributed by atoms with E-state index in [-0.39, 0.29) is 24.0 Å². The first-order valence-electron chi connectivity index (χ1n) is 5.02. The molecule has 0 spiro atoms. The fourth-order valence-corrected chi connectivity index (χ4v) is 1.76. The van der Waals surface area contributed by atoms with Crippen LogP contribution in [0.3, 0.4) is 0 Å². The summed E-state index contributed by atoms with van der Waals surface area (Å²) in [6.07, 6.45) is -5.00. The maximum Gasteiger partial charge on any atom is 0.416 e. The minimum absolute atomic E-state index is 0. The molecule has 2 rings (SSSR count). The van der Waals surface area contributed by atoms with Gasteiger partial charge in [0.25, 0.3) is 0 Å². The van der Waals surface area contributed by atoms with Crippen molar-refractivity contribution in [2.45, 2.75) is 25.4 Å². The Morgan fingerprint density at radius 3 is 2.47 bits per heavy atom. The number of alkyl halides is 3. The molecule has 0 bridgehead atoms. The van der Waals surface area contributed by atoms with Gasteiger partial charge in [-0.3, -0.25) is 5.32 Å². The van der Waals surface area contributed by atoms with Crippen LogP contribution in [0.25, 0.3) is 0 Å². The molecule has 1 saturated heterocycles. The molecule has 0 saturated carbocycles. The molecule has 2 nitrogen and oxygen atoms in total. The third-order valence-corrected chi connectivity index (χ3v) is 2.50. The number of halogens is 4. The molecule has 0 aliphatic carbocycles. The lowest BCUT2D eigenvalue weighted by atomic mass is 10.1. The van der Waals surface area contributed by atoms with Crippen LogP contribution in [0, 0.1) is 0 Å². The van der Waals surface area contributed by atoms with Crippen LogP contribution in [-0.2, 0) is 10.9 Å². The van der Waals surface area contributed by atoms with Crippen molar-refractivity contribution in [2.75, 3.05) is 6.61 Å². The van der Waals surface area contributed by atoms with Gasteiger partial charge < -0.3 is 4.74 Å². The molecule has 17 heavy (non-hydrogen) atoms. The van der Waals surface area contributed by atoms with Crippen molar-refractivity contribution < 1.29 is 17.9 Å². The topological polar surface area (TPSA) is 21.3 Å². The summed E-state index contributed by atoms with van der Waals surface area (Å²) in [5.41, 5.74) is -0.485. The van der Waals surface area contributed by atoms with Crippen molar-refractivity contribution in [2.24, 2.45) is 0 Å². The van der Waals surface area contributed by atoms with E-state index < -0.39 is 18.0 Å². The fraction of sp³-hybridized carbons (Fsp3) is 0.455. The number of benzene rings is 1. The molecule has 1 aliphatic rings. The predicted octanol–water partition coefficient (Wildman–Crippen LogP) is 3.13. The van der Waals surface area contributed by atoms with Crippen LogP contribution < -0.4 is 5.32 Å². The predicted molar refractivity (Wildman–Crippen MR) is 60.0 cm³/mol. The van der Waals surface area contributed by atoms with Crippen LogP contribution in [0.4, 0.5) is 13.2 Å². The highest BCUT2D eigenvalue weighted by Gasteiger charge is 2.36. The zero-order chi connectivity index (χ0) is 11.8. The van der Waals surface area contributed by atoms with Gasteiger partial charge in [-0.1, -0.05) is 18.2 Å². The Morgan fingerprint density at radius 1 is 1.29 bits per heavy atom. The highest BCUT2D eigenvalue weighted by atomic mass is 35.5. The van der Waals surface area contributed by atoms with E-state index in [1.807, 2.05) is 6.92 Å². The average molecular weight is 268 g/mol. The lowest BCUT2D eigenvalue weighted by molar-refractivity contribution is -0.139. The van der Waals surface area contributed by atoms with Crippen LogP contribution in [0.2, 0.25) is 0 Å². The quantitative estimate of drug-likeness (QED) is 0.844. The van der Waals surface area contributed by atoms with Crippen LogP contribution >= 0.6 is 12.4 Å². The molecule has 0 aromatic heterocycles. The van der Waals surface area contributed by atoms with E-state index >= 15 is 0 Å². The van der Waals surface area contributed by atoms with Gasteiger partial charge in [0, 0.05) is 11.6 Å². The number of hydrogen-bond acceptors (Lipinski definition) is 2. The smallest absolute Gasteiger partial charge is 0.357 e. The zero-order valence-electron chi connectivity index (χ0n) is 9.12. The van der Waals surface area contributed by atoms with Crippen molar-refractivity contribution in [3.8, 4) is 0 Å².